The number of benzene rings is 1. The molecule has 2 aromatic heterocycles. The van der Waals surface area contributed by atoms with Crippen molar-refractivity contribution >= 4 is 11.4 Å². The van der Waals surface area contributed by atoms with Crippen molar-refractivity contribution in [3.8, 4) is 0 Å². The summed E-state index contributed by atoms with van der Waals surface area (Å²) in [7, 11) is 0. The lowest BCUT2D eigenvalue weighted by atomic mass is 10.0. The zero-order valence-corrected chi connectivity index (χ0v) is 15.3. The Morgan fingerprint density at radius 2 is 2.04 bits per heavy atom. The molecule has 1 aliphatic rings. The van der Waals surface area contributed by atoms with Crippen LogP contribution in [0.25, 0.3) is 5.52 Å². The van der Waals surface area contributed by atoms with Gasteiger partial charge in [-0.1, -0.05) is 37.3 Å². The van der Waals surface area contributed by atoms with E-state index < -0.39 is 0 Å². The minimum Gasteiger partial charge on any atom is -0.328 e. The van der Waals surface area contributed by atoms with Crippen molar-refractivity contribution in [2.75, 3.05) is 19.6 Å². The number of imidazole rings is 1. The molecule has 0 spiro atoms. The molecule has 5 heteroatoms. The quantitative estimate of drug-likeness (QED) is 0.792. The van der Waals surface area contributed by atoms with Crippen LogP contribution in [0.2, 0.25) is 0 Å². The number of nitrogens with zero attached hydrogens (tertiary/aromatic N) is 3. The molecule has 134 valence electrons. The van der Waals surface area contributed by atoms with E-state index >= 15 is 0 Å². The van der Waals surface area contributed by atoms with Gasteiger partial charge in [-0.3, -0.25) is 4.79 Å². The van der Waals surface area contributed by atoms with E-state index in [0.29, 0.717) is 12.2 Å². The molecular weight excluding hydrogens is 324 g/mol. The van der Waals surface area contributed by atoms with Gasteiger partial charge >= 0.3 is 0 Å². The van der Waals surface area contributed by atoms with Gasteiger partial charge in [-0.05, 0) is 36.6 Å². The van der Waals surface area contributed by atoms with Gasteiger partial charge in [0.05, 0.1) is 11.6 Å². The lowest BCUT2D eigenvalue weighted by molar-refractivity contribution is 0.0631. The van der Waals surface area contributed by atoms with Crippen LogP contribution >= 0.6 is 0 Å². The second-order valence-electron chi connectivity index (χ2n) is 6.78. The van der Waals surface area contributed by atoms with Crippen LogP contribution in [0, 0.1) is 6.92 Å². The second kappa shape index (κ2) is 6.92. The van der Waals surface area contributed by atoms with Gasteiger partial charge in [0, 0.05) is 25.8 Å². The van der Waals surface area contributed by atoms with Gasteiger partial charge in [0.1, 0.15) is 5.82 Å². The monoisotopic (exact) mass is 348 g/mol. The van der Waals surface area contributed by atoms with Crippen LogP contribution in [0.4, 0.5) is 0 Å². The molecule has 1 aromatic carbocycles. The van der Waals surface area contributed by atoms with E-state index in [9.17, 15) is 4.79 Å². The molecule has 0 radical (unpaired) electrons. The van der Waals surface area contributed by atoms with Gasteiger partial charge < -0.3 is 14.6 Å². The van der Waals surface area contributed by atoms with Gasteiger partial charge in [-0.15, -0.1) is 0 Å². The second-order valence-corrected chi connectivity index (χ2v) is 6.78. The van der Waals surface area contributed by atoms with E-state index in [1.807, 2.05) is 40.6 Å². The molecule has 0 saturated carbocycles. The predicted molar refractivity (Wildman–Crippen MR) is 102 cm³/mol. The summed E-state index contributed by atoms with van der Waals surface area (Å²) in [6.45, 7) is 6.34. The highest BCUT2D eigenvalue weighted by molar-refractivity contribution is 5.99. The van der Waals surface area contributed by atoms with E-state index in [1.165, 1.54) is 11.1 Å². The first-order chi connectivity index (χ1) is 12.7. The van der Waals surface area contributed by atoms with Crippen LogP contribution in [0.1, 0.15) is 40.4 Å². The number of carbonyl (C=O) groups is 1. The maximum absolute atomic E-state index is 13.4. The molecule has 1 saturated heterocycles. The van der Waals surface area contributed by atoms with Crippen LogP contribution in [0.3, 0.4) is 0 Å². The number of piperazine rings is 1. The number of pyridine rings is 1. The van der Waals surface area contributed by atoms with Gasteiger partial charge in [-0.2, -0.15) is 0 Å². The Kier molecular flexibility index (Phi) is 4.47. The van der Waals surface area contributed by atoms with Crippen molar-refractivity contribution in [3.63, 3.8) is 0 Å². The average molecular weight is 348 g/mol. The maximum atomic E-state index is 13.4. The third kappa shape index (κ3) is 2.88. The van der Waals surface area contributed by atoms with Crippen molar-refractivity contribution in [2.45, 2.75) is 26.3 Å². The fraction of sp³-hybridized carbons (Fsp3) is 0.333. The van der Waals surface area contributed by atoms with E-state index in [1.54, 1.807) is 0 Å². The van der Waals surface area contributed by atoms with E-state index in [4.69, 9.17) is 0 Å². The SMILES string of the molecule is CCc1ccc(C2CNCCN2C(=O)c2nc(C)n3ccccc23)cc1. The molecule has 5 nitrogen and oxygen atoms in total. The fourth-order valence-electron chi connectivity index (χ4n) is 3.71. The lowest BCUT2D eigenvalue weighted by Crippen LogP contribution is -2.48. The number of fused-ring (bicyclic) bond motifs is 1. The summed E-state index contributed by atoms with van der Waals surface area (Å²) in [5.74, 6) is 0.843. The first kappa shape index (κ1) is 16.8. The van der Waals surface area contributed by atoms with Gasteiger partial charge in [-0.25, -0.2) is 4.98 Å². The lowest BCUT2D eigenvalue weighted by Gasteiger charge is -2.36. The number of hydrogen-bond donors (Lipinski definition) is 1. The van der Waals surface area contributed by atoms with E-state index in [0.717, 1.165) is 30.9 Å². The fourth-order valence-corrected chi connectivity index (χ4v) is 3.71. The standard InChI is InChI=1S/C21H24N4O/c1-3-16-7-9-17(10-8-16)19-14-22-11-13-25(19)21(26)20-18-6-4-5-12-24(18)15(2)23-20/h4-10,12,19,22H,3,11,13-14H2,1-2H3. The van der Waals surface area contributed by atoms with Gasteiger partial charge in [0.25, 0.3) is 5.91 Å². The van der Waals surface area contributed by atoms with Crippen molar-refractivity contribution < 1.29 is 4.79 Å². The molecule has 3 heterocycles. The maximum Gasteiger partial charge on any atom is 0.275 e. The molecule has 3 aromatic rings. The Hall–Kier alpha value is -2.66. The molecule has 1 aliphatic heterocycles. The normalized spacial score (nSPS) is 17.6. The van der Waals surface area contributed by atoms with Crippen LogP contribution in [-0.2, 0) is 6.42 Å². The summed E-state index contributed by atoms with van der Waals surface area (Å²) >= 11 is 0. The van der Waals surface area contributed by atoms with Gasteiger partial charge in [0.15, 0.2) is 5.69 Å². The van der Waals surface area contributed by atoms with Crippen LogP contribution in [0.15, 0.2) is 48.7 Å². The van der Waals surface area contributed by atoms with Crippen LogP contribution in [-0.4, -0.2) is 39.8 Å². The Morgan fingerprint density at radius 3 is 2.81 bits per heavy atom. The molecule has 0 bridgehead atoms. The first-order valence-electron chi connectivity index (χ1n) is 9.23. The first-order valence-corrected chi connectivity index (χ1v) is 9.23. The average Bonchev–Trinajstić information content (AvgIpc) is 3.04. The molecule has 26 heavy (non-hydrogen) atoms. The summed E-state index contributed by atoms with van der Waals surface area (Å²) in [6, 6.07) is 14.5. The highest BCUT2D eigenvalue weighted by Crippen LogP contribution is 2.26. The van der Waals surface area contributed by atoms with Crippen molar-refractivity contribution in [1.82, 2.24) is 19.6 Å². The molecule has 1 N–H and O–H groups in total. The van der Waals surface area contributed by atoms with Crippen molar-refractivity contribution in [3.05, 3.63) is 71.3 Å². The number of nitrogens with one attached hydrogen (secondary N) is 1. The molecule has 1 unspecified atom stereocenters. The Balaban J connectivity index is 1.70. The zero-order valence-electron chi connectivity index (χ0n) is 15.3. The number of carbonyl (C=O) groups excluding carboxylic acids is 1. The van der Waals surface area contributed by atoms with Crippen molar-refractivity contribution in [1.29, 1.82) is 0 Å². The van der Waals surface area contributed by atoms with Crippen LogP contribution < -0.4 is 5.32 Å². The summed E-state index contributed by atoms with van der Waals surface area (Å²) in [4.78, 5) is 19.9. The largest absolute Gasteiger partial charge is 0.328 e. The predicted octanol–water partition coefficient (Wildman–Crippen LogP) is 2.99. The smallest absolute Gasteiger partial charge is 0.275 e. The number of rotatable bonds is 3. The number of aryl methyl sites for hydroxylation is 2. The summed E-state index contributed by atoms with van der Waals surface area (Å²) in [5, 5.41) is 3.42. The Labute approximate surface area is 153 Å². The molecule has 0 aliphatic carbocycles. The Bertz CT molecular complexity index is 929. The number of amides is 1. The minimum atomic E-state index is 0.00729. The van der Waals surface area contributed by atoms with Crippen molar-refractivity contribution in [2.24, 2.45) is 0 Å². The third-order valence-corrected chi connectivity index (χ3v) is 5.20. The number of aromatic nitrogens is 2. The molecule has 4 rings (SSSR count). The van der Waals surface area contributed by atoms with Crippen LogP contribution in [0.5, 0.6) is 0 Å². The summed E-state index contributed by atoms with van der Waals surface area (Å²) in [5.41, 5.74) is 3.89. The molecule has 1 fully saturated rings. The highest BCUT2D eigenvalue weighted by atomic mass is 16.2. The molecule has 1 amide bonds. The molecular formula is C21H24N4O. The summed E-state index contributed by atoms with van der Waals surface area (Å²) < 4.78 is 1.97. The Morgan fingerprint density at radius 1 is 1.23 bits per heavy atom. The third-order valence-electron chi connectivity index (χ3n) is 5.20. The highest BCUT2D eigenvalue weighted by Gasteiger charge is 2.31. The van der Waals surface area contributed by atoms with E-state index in [-0.39, 0.29) is 11.9 Å². The topological polar surface area (TPSA) is 49.6 Å². The zero-order chi connectivity index (χ0) is 18.1. The number of hydrogen-bond acceptors (Lipinski definition) is 3. The minimum absolute atomic E-state index is 0.00729. The molecule has 1 atom stereocenters. The summed E-state index contributed by atoms with van der Waals surface area (Å²) in [6.07, 6.45) is 2.97. The van der Waals surface area contributed by atoms with Gasteiger partial charge in [0.2, 0.25) is 0 Å². The van der Waals surface area contributed by atoms with E-state index in [2.05, 4.69) is 41.5 Å².